The van der Waals surface area contributed by atoms with Crippen molar-refractivity contribution >= 4 is 5.97 Å². The standard InChI is InChI=1S/C28H39NO4/c1-16(33-22-6-5-13-29-24(22)25(30)31)19-7-8-20-18-14-23(32-4)28-15-17(28)9-12-27(28,3)21(18)10-11-26(19,20)2/h5-6,13,16-21,23H,7-12,14-15H2,1-4H3,(H,30,31)/t16-,17+,18-,19+,20-,21-,23?,26+,27+,28?/m0/s1. The number of hydrogen-bond acceptors (Lipinski definition) is 4. The third-order valence-corrected chi connectivity index (χ3v) is 11.8. The van der Waals surface area contributed by atoms with Crippen LogP contribution in [0.15, 0.2) is 18.3 Å². The van der Waals surface area contributed by atoms with Gasteiger partial charge in [0.2, 0.25) is 0 Å². The molecule has 1 N–H and O–H groups in total. The number of aromatic carboxylic acids is 1. The molecule has 1 heterocycles. The molecule has 6 rings (SSSR count). The van der Waals surface area contributed by atoms with Crippen LogP contribution in [0.25, 0.3) is 0 Å². The van der Waals surface area contributed by atoms with Crippen LogP contribution in [0.4, 0.5) is 0 Å². The molecule has 33 heavy (non-hydrogen) atoms. The van der Waals surface area contributed by atoms with Crippen molar-refractivity contribution in [3.63, 3.8) is 0 Å². The molecule has 10 atom stereocenters. The summed E-state index contributed by atoms with van der Waals surface area (Å²) in [4.78, 5) is 15.7. The van der Waals surface area contributed by atoms with E-state index in [1.165, 1.54) is 51.1 Å². The van der Waals surface area contributed by atoms with Crippen molar-refractivity contribution in [2.45, 2.75) is 84.3 Å². The van der Waals surface area contributed by atoms with Gasteiger partial charge in [0.1, 0.15) is 0 Å². The lowest BCUT2D eigenvalue weighted by Crippen LogP contribution is -2.57. The van der Waals surface area contributed by atoms with E-state index in [1.807, 2.05) is 7.11 Å². The van der Waals surface area contributed by atoms with Gasteiger partial charge in [0.05, 0.1) is 12.2 Å². The van der Waals surface area contributed by atoms with Crippen molar-refractivity contribution in [2.75, 3.05) is 7.11 Å². The van der Waals surface area contributed by atoms with Gasteiger partial charge in [-0.2, -0.15) is 0 Å². The van der Waals surface area contributed by atoms with E-state index in [9.17, 15) is 9.90 Å². The van der Waals surface area contributed by atoms with Gasteiger partial charge in [0.25, 0.3) is 0 Å². The number of carboxylic acids is 1. The average Bonchev–Trinajstić information content (AvgIpc) is 3.30. The fraction of sp³-hybridized carbons (Fsp3) is 0.786. The molecule has 2 unspecified atom stereocenters. The van der Waals surface area contributed by atoms with Crippen LogP contribution in [-0.2, 0) is 4.74 Å². The number of hydrogen-bond donors (Lipinski definition) is 1. The number of carboxylic acid groups (broad SMARTS) is 1. The number of aromatic nitrogens is 1. The van der Waals surface area contributed by atoms with Gasteiger partial charge < -0.3 is 14.6 Å². The van der Waals surface area contributed by atoms with E-state index in [0.29, 0.717) is 34.5 Å². The van der Waals surface area contributed by atoms with E-state index >= 15 is 0 Å². The second kappa shape index (κ2) is 7.19. The van der Waals surface area contributed by atoms with Crippen LogP contribution in [0.2, 0.25) is 0 Å². The van der Waals surface area contributed by atoms with E-state index < -0.39 is 5.97 Å². The fourth-order valence-corrected chi connectivity index (χ4v) is 10.3. The monoisotopic (exact) mass is 453 g/mol. The van der Waals surface area contributed by atoms with E-state index in [1.54, 1.807) is 12.1 Å². The zero-order valence-corrected chi connectivity index (χ0v) is 20.5. The summed E-state index contributed by atoms with van der Waals surface area (Å²) in [5, 5.41) is 9.53. The first kappa shape index (κ1) is 21.9. The van der Waals surface area contributed by atoms with Crippen LogP contribution in [0.1, 0.15) is 82.6 Å². The second-order valence-electron chi connectivity index (χ2n) is 12.4. The Balaban J connectivity index is 1.26. The normalized spacial score (nSPS) is 48.2. The maximum atomic E-state index is 11.6. The van der Waals surface area contributed by atoms with Gasteiger partial charge in [0, 0.05) is 24.6 Å². The van der Waals surface area contributed by atoms with E-state index in [2.05, 4.69) is 25.8 Å². The molecule has 0 radical (unpaired) electrons. The molecule has 5 aliphatic carbocycles. The Hall–Kier alpha value is -1.62. The number of nitrogens with zero attached hydrogens (tertiary/aromatic N) is 1. The SMILES string of the molecule is COC1C[C@H]2[C@@H]3CC[C@H]([C@H](C)Oc4cccnc4C(=O)O)[C@@]3(C)CC[C@@H]2[C@@]2(C)CC[C@@H]3CC132. The molecule has 0 amide bonds. The summed E-state index contributed by atoms with van der Waals surface area (Å²) in [6, 6.07) is 3.50. The minimum absolute atomic E-state index is 0.0152. The van der Waals surface area contributed by atoms with Crippen LogP contribution in [0.5, 0.6) is 5.75 Å². The zero-order valence-electron chi connectivity index (χ0n) is 20.5. The topological polar surface area (TPSA) is 68.7 Å². The highest BCUT2D eigenvalue weighted by molar-refractivity contribution is 5.88. The number of methoxy groups -OCH3 is 1. The number of rotatable bonds is 5. The molecule has 5 heteroatoms. The first-order valence-corrected chi connectivity index (χ1v) is 13.1. The smallest absolute Gasteiger partial charge is 0.358 e. The van der Waals surface area contributed by atoms with Crippen LogP contribution in [0, 0.1) is 45.8 Å². The van der Waals surface area contributed by atoms with Gasteiger partial charge in [0.15, 0.2) is 11.4 Å². The number of pyridine rings is 1. The Morgan fingerprint density at radius 3 is 2.73 bits per heavy atom. The Kier molecular flexibility index (Phi) is 4.77. The molecule has 1 aromatic heterocycles. The molecule has 180 valence electrons. The van der Waals surface area contributed by atoms with Crippen LogP contribution >= 0.6 is 0 Å². The summed E-state index contributed by atoms with van der Waals surface area (Å²) in [6.07, 6.45) is 12.4. The molecule has 5 saturated carbocycles. The molecule has 1 aromatic rings. The van der Waals surface area contributed by atoms with Crippen LogP contribution in [-0.4, -0.2) is 35.4 Å². The van der Waals surface area contributed by atoms with Crippen molar-refractivity contribution in [3.8, 4) is 5.75 Å². The summed E-state index contributed by atoms with van der Waals surface area (Å²) in [7, 11) is 1.96. The third-order valence-electron chi connectivity index (χ3n) is 11.8. The van der Waals surface area contributed by atoms with Gasteiger partial charge in [-0.25, -0.2) is 9.78 Å². The predicted molar refractivity (Wildman–Crippen MR) is 125 cm³/mol. The molecular weight excluding hydrogens is 414 g/mol. The minimum atomic E-state index is -1.03. The summed E-state index contributed by atoms with van der Waals surface area (Å²) >= 11 is 0. The maximum absolute atomic E-state index is 11.6. The molecule has 5 aliphatic rings. The lowest BCUT2D eigenvalue weighted by atomic mass is 9.45. The summed E-state index contributed by atoms with van der Waals surface area (Å²) < 4.78 is 12.6. The fourth-order valence-electron chi connectivity index (χ4n) is 10.3. The number of ether oxygens (including phenoxy) is 2. The first-order valence-electron chi connectivity index (χ1n) is 13.1. The Morgan fingerprint density at radius 1 is 1.18 bits per heavy atom. The predicted octanol–water partition coefficient (Wildman–Crippen LogP) is 5.83. The number of fused-ring (bicyclic) bond motifs is 4. The molecule has 5 nitrogen and oxygen atoms in total. The second-order valence-corrected chi connectivity index (χ2v) is 12.4. The highest BCUT2D eigenvalue weighted by Gasteiger charge is 2.77. The molecular formula is C28H39NO4. The van der Waals surface area contributed by atoms with Crippen molar-refractivity contribution < 1.29 is 19.4 Å². The average molecular weight is 454 g/mol. The Morgan fingerprint density at radius 2 is 2.00 bits per heavy atom. The van der Waals surface area contributed by atoms with E-state index in [0.717, 1.165) is 24.2 Å². The van der Waals surface area contributed by atoms with Crippen molar-refractivity contribution in [1.82, 2.24) is 4.98 Å². The van der Waals surface area contributed by atoms with Crippen LogP contribution in [0.3, 0.4) is 0 Å². The van der Waals surface area contributed by atoms with Gasteiger partial charge >= 0.3 is 5.97 Å². The summed E-state index contributed by atoms with van der Waals surface area (Å²) in [5.41, 5.74) is 1.18. The molecule has 1 spiro atoms. The highest BCUT2D eigenvalue weighted by Crippen LogP contribution is 2.82. The molecule has 0 aliphatic heterocycles. The quantitative estimate of drug-likeness (QED) is 0.607. The lowest BCUT2D eigenvalue weighted by Gasteiger charge is -2.61. The lowest BCUT2D eigenvalue weighted by molar-refractivity contribution is -0.162. The summed E-state index contributed by atoms with van der Waals surface area (Å²) in [6.45, 7) is 7.28. The van der Waals surface area contributed by atoms with E-state index in [4.69, 9.17) is 9.47 Å². The molecule has 0 aromatic carbocycles. The zero-order chi connectivity index (χ0) is 23.2. The Bertz CT molecular complexity index is 965. The number of carbonyl (C=O) groups is 1. The maximum Gasteiger partial charge on any atom is 0.358 e. The summed E-state index contributed by atoms with van der Waals surface area (Å²) in [5.74, 6) is 3.01. The largest absolute Gasteiger partial charge is 0.488 e. The van der Waals surface area contributed by atoms with Crippen LogP contribution < -0.4 is 4.74 Å². The molecule has 5 fully saturated rings. The van der Waals surface area contributed by atoms with Gasteiger partial charge in [-0.1, -0.05) is 13.8 Å². The van der Waals surface area contributed by atoms with Crippen molar-refractivity contribution in [1.29, 1.82) is 0 Å². The van der Waals surface area contributed by atoms with Crippen molar-refractivity contribution in [3.05, 3.63) is 24.0 Å². The third kappa shape index (κ3) is 2.75. The van der Waals surface area contributed by atoms with Gasteiger partial charge in [-0.3, -0.25) is 0 Å². The molecule has 0 saturated heterocycles. The van der Waals surface area contributed by atoms with E-state index in [-0.39, 0.29) is 17.2 Å². The first-order chi connectivity index (χ1) is 15.8. The molecule has 0 bridgehead atoms. The van der Waals surface area contributed by atoms with Gasteiger partial charge in [-0.05, 0) is 105 Å². The Labute approximate surface area is 197 Å². The van der Waals surface area contributed by atoms with Gasteiger partial charge in [-0.15, -0.1) is 0 Å². The highest BCUT2D eigenvalue weighted by atomic mass is 16.5. The van der Waals surface area contributed by atoms with Crippen molar-refractivity contribution in [2.24, 2.45) is 45.8 Å². The minimum Gasteiger partial charge on any atom is -0.488 e.